The zero-order valence-electron chi connectivity index (χ0n) is 15.2. The predicted octanol–water partition coefficient (Wildman–Crippen LogP) is 4.62. The van der Waals surface area contributed by atoms with Crippen LogP contribution in [0.15, 0.2) is 85.6 Å². The molecule has 2 aromatic carbocycles. The smallest absolute Gasteiger partial charge is 0.257 e. The van der Waals surface area contributed by atoms with Crippen LogP contribution in [0.5, 0.6) is 11.5 Å². The number of benzene rings is 2. The zero-order chi connectivity index (χ0) is 19.3. The van der Waals surface area contributed by atoms with E-state index in [-0.39, 0.29) is 5.91 Å². The third kappa shape index (κ3) is 4.07. The van der Waals surface area contributed by atoms with Gasteiger partial charge < -0.3 is 10.1 Å². The van der Waals surface area contributed by atoms with E-state index < -0.39 is 0 Å². The first-order valence-corrected chi connectivity index (χ1v) is 8.78. The third-order valence-corrected chi connectivity index (χ3v) is 4.12. The van der Waals surface area contributed by atoms with Gasteiger partial charge in [-0.1, -0.05) is 12.1 Å². The summed E-state index contributed by atoms with van der Waals surface area (Å²) in [6, 6.07) is 18.6. The maximum absolute atomic E-state index is 12.4. The largest absolute Gasteiger partial charge is 0.457 e. The lowest BCUT2D eigenvalue weighted by molar-refractivity contribution is 0.102. The van der Waals surface area contributed by atoms with Crippen molar-refractivity contribution in [2.75, 3.05) is 5.32 Å². The van der Waals surface area contributed by atoms with E-state index >= 15 is 0 Å². The second-order valence-corrected chi connectivity index (χ2v) is 6.27. The van der Waals surface area contributed by atoms with E-state index in [0.29, 0.717) is 22.8 Å². The molecule has 1 N–H and O–H groups in total. The molecule has 4 rings (SSSR count). The first kappa shape index (κ1) is 17.5. The number of carbonyl (C=O) groups excluding carboxylic acids is 1. The average Bonchev–Trinajstić information content (AvgIpc) is 3.24. The minimum Gasteiger partial charge on any atom is -0.457 e. The molecule has 2 heterocycles. The van der Waals surface area contributed by atoms with Crippen molar-refractivity contribution in [2.45, 2.75) is 6.92 Å². The summed E-state index contributed by atoms with van der Waals surface area (Å²) in [6.07, 6.45) is 6.67. The van der Waals surface area contributed by atoms with Crippen LogP contribution < -0.4 is 10.1 Å². The molecule has 0 aliphatic rings. The van der Waals surface area contributed by atoms with Crippen molar-refractivity contribution in [3.63, 3.8) is 0 Å². The normalized spacial score (nSPS) is 10.5. The number of nitrogens with one attached hydrogen (secondary N) is 1. The molecule has 0 atom stereocenters. The van der Waals surface area contributed by atoms with Crippen LogP contribution in [0.4, 0.5) is 5.69 Å². The highest BCUT2D eigenvalue weighted by atomic mass is 16.5. The molecule has 4 aromatic rings. The summed E-state index contributed by atoms with van der Waals surface area (Å²) < 4.78 is 7.59. The van der Waals surface area contributed by atoms with E-state index in [1.165, 1.54) is 0 Å². The standard InChI is InChI=1S/C22H18N4O2/c1-16-3-2-4-20(13-16)28-19-8-6-18(7-9-19)25-22(27)17-5-10-21(24-14-17)26-12-11-23-15-26/h2-15H,1H3,(H,25,27). The lowest BCUT2D eigenvalue weighted by Gasteiger charge is -2.09. The number of nitrogens with zero attached hydrogens (tertiary/aromatic N) is 3. The molecule has 0 aliphatic heterocycles. The molecule has 6 heteroatoms. The monoisotopic (exact) mass is 370 g/mol. The van der Waals surface area contributed by atoms with Gasteiger partial charge in [-0.3, -0.25) is 9.36 Å². The van der Waals surface area contributed by atoms with Crippen molar-refractivity contribution in [3.05, 3.63) is 96.7 Å². The van der Waals surface area contributed by atoms with Gasteiger partial charge in [0, 0.05) is 24.3 Å². The highest BCUT2D eigenvalue weighted by Gasteiger charge is 2.08. The van der Waals surface area contributed by atoms with Gasteiger partial charge in [-0.05, 0) is 61.0 Å². The molecule has 0 aliphatic carbocycles. The lowest BCUT2D eigenvalue weighted by atomic mass is 10.2. The van der Waals surface area contributed by atoms with E-state index in [0.717, 1.165) is 11.3 Å². The van der Waals surface area contributed by atoms with E-state index in [9.17, 15) is 4.79 Å². The number of hydrogen-bond donors (Lipinski definition) is 1. The van der Waals surface area contributed by atoms with Gasteiger partial charge in [-0.25, -0.2) is 9.97 Å². The maximum Gasteiger partial charge on any atom is 0.257 e. The summed E-state index contributed by atoms with van der Waals surface area (Å²) in [5.74, 6) is 1.96. The molecule has 0 unspecified atom stereocenters. The van der Waals surface area contributed by atoms with Gasteiger partial charge in [0.15, 0.2) is 0 Å². The number of carbonyl (C=O) groups is 1. The minimum atomic E-state index is -0.225. The van der Waals surface area contributed by atoms with Crippen LogP contribution in [0.25, 0.3) is 5.82 Å². The number of anilines is 1. The van der Waals surface area contributed by atoms with Gasteiger partial charge in [-0.15, -0.1) is 0 Å². The quantitative estimate of drug-likeness (QED) is 0.556. The summed E-state index contributed by atoms with van der Waals surface area (Å²) in [6.45, 7) is 2.02. The zero-order valence-corrected chi connectivity index (χ0v) is 15.2. The fraction of sp³-hybridized carbons (Fsp3) is 0.0455. The molecule has 2 aromatic heterocycles. The van der Waals surface area contributed by atoms with E-state index in [1.807, 2.05) is 43.3 Å². The van der Waals surface area contributed by atoms with Crippen LogP contribution in [-0.4, -0.2) is 20.4 Å². The van der Waals surface area contributed by atoms with Crippen molar-refractivity contribution >= 4 is 11.6 Å². The summed E-state index contributed by atoms with van der Waals surface area (Å²) in [5.41, 5.74) is 2.29. The first-order chi connectivity index (χ1) is 13.7. The predicted molar refractivity (Wildman–Crippen MR) is 107 cm³/mol. The van der Waals surface area contributed by atoms with Gasteiger partial charge in [0.25, 0.3) is 5.91 Å². The van der Waals surface area contributed by atoms with Crippen LogP contribution in [-0.2, 0) is 0 Å². The highest BCUT2D eigenvalue weighted by Crippen LogP contribution is 2.24. The molecular formula is C22H18N4O2. The highest BCUT2D eigenvalue weighted by molar-refractivity contribution is 6.04. The van der Waals surface area contributed by atoms with E-state index in [2.05, 4.69) is 15.3 Å². The van der Waals surface area contributed by atoms with Crippen molar-refractivity contribution < 1.29 is 9.53 Å². The second-order valence-electron chi connectivity index (χ2n) is 6.27. The fourth-order valence-electron chi connectivity index (χ4n) is 2.69. The minimum absolute atomic E-state index is 0.225. The Kier molecular flexibility index (Phi) is 4.84. The van der Waals surface area contributed by atoms with E-state index in [1.54, 1.807) is 53.8 Å². The Labute approximate surface area is 162 Å². The summed E-state index contributed by atoms with van der Waals surface area (Å²) in [5, 5.41) is 2.86. The molecule has 0 fully saturated rings. The first-order valence-electron chi connectivity index (χ1n) is 8.78. The Morgan fingerprint density at radius 3 is 2.57 bits per heavy atom. The molecule has 0 radical (unpaired) electrons. The summed E-state index contributed by atoms with van der Waals surface area (Å²) in [4.78, 5) is 20.7. The van der Waals surface area contributed by atoms with Crippen LogP contribution in [0.1, 0.15) is 15.9 Å². The number of aromatic nitrogens is 3. The van der Waals surface area contributed by atoms with Crippen molar-refractivity contribution in [1.82, 2.24) is 14.5 Å². The van der Waals surface area contributed by atoms with Gasteiger partial charge in [0.1, 0.15) is 23.6 Å². The van der Waals surface area contributed by atoms with E-state index in [4.69, 9.17) is 4.74 Å². The molecular weight excluding hydrogens is 352 g/mol. The van der Waals surface area contributed by atoms with Crippen LogP contribution in [0.3, 0.4) is 0 Å². The SMILES string of the molecule is Cc1cccc(Oc2ccc(NC(=O)c3ccc(-n4ccnc4)nc3)cc2)c1. The Morgan fingerprint density at radius 2 is 1.89 bits per heavy atom. The average molecular weight is 370 g/mol. The van der Waals surface area contributed by atoms with Crippen LogP contribution >= 0.6 is 0 Å². The number of aryl methyl sites for hydroxylation is 1. The summed E-state index contributed by atoms with van der Waals surface area (Å²) >= 11 is 0. The Bertz CT molecular complexity index is 1070. The van der Waals surface area contributed by atoms with Gasteiger partial charge in [0.05, 0.1) is 5.56 Å². The van der Waals surface area contributed by atoms with Gasteiger partial charge in [0.2, 0.25) is 0 Å². The van der Waals surface area contributed by atoms with Crippen molar-refractivity contribution in [1.29, 1.82) is 0 Å². The Morgan fingerprint density at radius 1 is 1.04 bits per heavy atom. The third-order valence-electron chi connectivity index (χ3n) is 4.12. The number of hydrogen-bond acceptors (Lipinski definition) is 4. The topological polar surface area (TPSA) is 69.0 Å². The molecule has 0 spiro atoms. The molecule has 0 saturated carbocycles. The van der Waals surface area contributed by atoms with Crippen molar-refractivity contribution in [3.8, 4) is 17.3 Å². The molecule has 1 amide bonds. The lowest BCUT2D eigenvalue weighted by Crippen LogP contribution is -2.12. The number of imidazole rings is 1. The number of ether oxygens (including phenoxy) is 1. The molecule has 6 nitrogen and oxygen atoms in total. The van der Waals surface area contributed by atoms with Crippen LogP contribution in [0.2, 0.25) is 0 Å². The molecule has 0 bridgehead atoms. The maximum atomic E-state index is 12.4. The van der Waals surface area contributed by atoms with Gasteiger partial charge in [-0.2, -0.15) is 0 Å². The second kappa shape index (κ2) is 7.75. The summed E-state index contributed by atoms with van der Waals surface area (Å²) in [7, 11) is 0. The number of amides is 1. The van der Waals surface area contributed by atoms with Gasteiger partial charge >= 0.3 is 0 Å². The Balaban J connectivity index is 1.40. The molecule has 28 heavy (non-hydrogen) atoms. The fourth-order valence-corrected chi connectivity index (χ4v) is 2.69. The Hall–Kier alpha value is -3.93. The molecule has 0 saturated heterocycles. The number of rotatable bonds is 5. The van der Waals surface area contributed by atoms with Crippen LogP contribution in [0, 0.1) is 6.92 Å². The van der Waals surface area contributed by atoms with Crippen molar-refractivity contribution in [2.24, 2.45) is 0 Å². The molecule has 138 valence electrons. The number of pyridine rings is 1.